The van der Waals surface area contributed by atoms with Crippen LogP contribution in [0.25, 0.3) is 0 Å². The zero-order valence-electron chi connectivity index (χ0n) is 8.59. The predicted octanol–water partition coefficient (Wildman–Crippen LogP) is 3.77. The second-order valence-corrected chi connectivity index (χ2v) is 3.54. The van der Waals surface area contributed by atoms with E-state index >= 15 is 0 Å². The third-order valence-electron chi connectivity index (χ3n) is 1.68. The van der Waals surface area contributed by atoms with Crippen LogP contribution in [0.5, 0.6) is 0 Å². The summed E-state index contributed by atoms with van der Waals surface area (Å²) >= 11 is 5.43. The molecule has 0 aromatic heterocycles. The van der Waals surface area contributed by atoms with Gasteiger partial charge in [-0.05, 0) is 12.5 Å². The van der Waals surface area contributed by atoms with Crippen LogP contribution in [0.15, 0.2) is 23.9 Å². The Kier molecular flexibility index (Phi) is 8.34. The second kappa shape index (κ2) is 8.82. The number of ether oxygens (including phenoxy) is 1. The minimum atomic E-state index is -0.213. The summed E-state index contributed by atoms with van der Waals surface area (Å²) in [7, 11) is 0. The third-order valence-corrected chi connectivity index (χ3v) is 1.81. The molecule has 0 aliphatic rings. The fourth-order valence-electron chi connectivity index (χ4n) is 0.939. The van der Waals surface area contributed by atoms with E-state index in [0.717, 1.165) is 12.8 Å². The smallest absolute Gasteiger partial charge is 0.310 e. The predicted molar refractivity (Wildman–Crippen MR) is 59.0 cm³/mol. The van der Waals surface area contributed by atoms with E-state index in [1.54, 1.807) is 0 Å². The van der Waals surface area contributed by atoms with Crippen molar-refractivity contribution < 1.29 is 9.53 Å². The molecule has 3 heteroatoms. The highest BCUT2D eigenvalue weighted by atomic mass is 35.5. The number of halogens is 1. The summed E-state index contributed by atoms with van der Waals surface area (Å²) in [6, 6.07) is 0. The minimum absolute atomic E-state index is 0.213. The molecule has 0 radical (unpaired) electrons. The SMILES string of the molecule is C=C(Cl)C=COC(=O)CCCCCC. The highest BCUT2D eigenvalue weighted by Crippen LogP contribution is 2.04. The van der Waals surface area contributed by atoms with Crippen molar-refractivity contribution in [2.24, 2.45) is 0 Å². The van der Waals surface area contributed by atoms with Gasteiger partial charge in [0.2, 0.25) is 0 Å². The van der Waals surface area contributed by atoms with Crippen LogP contribution in [-0.4, -0.2) is 5.97 Å². The van der Waals surface area contributed by atoms with Crippen molar-refractivity contribution in [3.05, 3.63) is 23.9 Å². The third kappa shape index (κ3) is 9.33. The number of carbonyl (C=O) groups is 1. The molecule has 0 heterocycles. The van der Waals surface area contributed by atoms with E-state index in [2.05, 4.69) is 13.5 Å². The van der Waals surface area contributed by atoms with Crippen LogP contribution in [0.3, 0.4) is 0 Å². The van der Waals surface area contributed by atoms with Gasteiger partial charge >= 0.3 is 5.97 Å². The number of hydrogen-bond donors (Lipinski definition) is 0. The molecule has 0 rings (SSSR count). The van der Waals surface area contributed by atoms with Crippen molar-refractivity contribution >= 4 is 17.6 Å². The fraction of sp³-hybridized carbons (Fsp3) is 0.545. The van der Waals surface area contributed by atoms with E-state index in [9.17, 15) is 4.79 Å². The molecule has 14 heavy (non-hydrogen) atoms. The molecular weight excluding hydrogens is 200 g/mol. The molecule has 2 nitrogen and oxygen atoms in total. The maximum atomic E-state index is 11.0. The zero-order chi connectivity index (χ0) is 10.8. The molecule has 0 aromatic rings. The average Bonchev–Trinajstić information content (AvgIpc) is 2.12. The van der Waals surface area contributed by atoms with E-state index in [4.69, 9.17) is 16.3 Å². The first-order valence-electron chi connectivity index (χ1n) is 4.87. The number of allylic oxidation sites excluding steroid dienone is 2. The lowest BCUT2D eigenvalue weighted by Gasteiger charge is -1.98. The highest BCUT2D eigenvalue weighted by Gasteiger charge is 1.99. The van der Waals surface area contributed by atoms with Crippen molar-refractivity contribution in [2.45, 2.75) is 39.0 Å². The lowest BCUT2D eigenvalue weighted by atomic mass is 10.2. The van der Waals surface area contributed by atoms with Gasteiger partial charge in [-0.3, -0.25) is 4.79 Å². The molecule has 0 fully saturated rings. The highest BCUT2D eigenvalue weighted by molar-refractivity contribution is 6.30. The summed E-state index contributed by atoms with van der Waals surface area (Å²) in [5, 5.41) is 0.351. The first-order chi connectivity index (χ1) is 6.66. The number of unbranched alkanes of at least 4 members (excludes halogenated alkanes) is 3. The molecular formula is C11H17ClO2. The molecule has 0 aromatic carbocycles. The van der Waals surface area contributed by atoms with Gasteiger partial charge in [0.05, 0.1) is 6.26 Å². The van der Waals surface area contributed by atoms with E-state index in [-0.39, 0.29) is 5.97 Å². The molecule has 0 unspecified atom stereocenters. The maximum Gasteiger partial charge on any atom is 0.310 e. The molecule has 0 N–H and O–H groups in total. The normalized spacial score (nSPS) is 10.4. The van der Waals surface area contributed by atoms with E-state index in [0.29, 0.717) is 11.5 Å². The Bertz CT molecular complexity index is 209. The minimum Gasteiger partial charge on any atom is -0.434 e. The fourth-order valence-corrected chi connectivity index (χ4v) is 0.990. The first-order valence-corrected chi connectivity index (χ1v) is 5.25. The average molecular weight is 217 g/mol. The van der Waals surface area contributed by atoms with Crippen molar-refractivity contribution in [2.75, 3.05) is 0 Å². The molecule has 0 saturated heterocycles. The van der Waals surface area contributed by atoms with E-state index < -0.39 is 0 Å². The Balaban J connectivity index is 3.41. The van der Waals surface area contributed by atoms with Crippen LogP contribution in [0.4, 0.5) is 0 Å². The molecule has 0 spiro atoms. The van der Waals surface area contributed by atoms with Crippen molar-refractivity contribution in [3.8, 4) is 0 Å². The van der Waals surface area contributed by atoms with Gasteiger partial charge in [-0.15, -0.1) is 0 Å². The number of carbonyl (C=O) groups excluding carboxylic acids is 1. The summed E-state index contributed by atoms with van der Waals surface area (Å²) in [6.07, 6.45) is 7.50. The summed E-state index contributed by atoms with van der Waals surface area (Å²) in [4.78, 5) is 11.0. The van der Waals surface area contributed by atoms with Gasteiger partial charge in [0, 0.05) is 11.5 Å². The molecule has 0 saturated carbocycles. The van der Waals surface area contributed by atoms with E-state index in [1.165, 1.54) is 25.2 Å². The van der Waals surface area contributed by atoms with Gasteiger partial charge in [-0.2, -0.15) is 0 Å². The van der Waals surface area contributed by atoms with Gasteiger partial charge in [0.25, 0.3) is 0 Å². The molecule has 0 atom stereocenters. The Morgan fingerprint density at radius 2 is 2.14 bits per heavy atom. The standard InChI is InChI=1S/C11H17ClO2/c1-3-4-5-6-7-11(13)14-9-8-10(2)12/h8-9H,2-7H2,1H3. The maximum absolute atomic E-state index is 11.0. The van der Waals surface area contributed by atoms with E-state index in [1.807, 2.05) is 0 Å². The van der Waals surface area contributed by atoms with Gasteiger partial charge in [-0.25, -0.2) is 0 Å². The van der Waals surface area contributed by atoms with Crippen molar-refractivity contribution in [3.63, 3.8) is 0 Å². The van der Waals surface area contributed by atoms with Crippen LogP contribution >= 0.6 is 11.6 Å². The number of hydrogen-bond acceptors (Lipinski definition) is 2. The topological polar surface area (TPSA) is 26.3 Å². The quantitative estimate of drug-likeness (QED) is 0.280. The van der Waals surface area contributed by atoms with Gasteiger partial charge in [0.15, 0.2) is 0 Å². The van der Waals surface area contributed by atoms with Gasteiger partial charge in [-0.1, -0.05) is 44.4 Å². The summed E-state index contributed by atoms with van der Waals surface area (Å²) in [6.45, 7) is 5.56. The second-order valence-electron chi connectivity index (χ2n) is 3.05. The lowest BCUT2D eigenvalue weighted by molar-refractivity contribution is -0.138. The van der Waals surface area contributed by atoms with Gasteiger partial charge in [0.1, 0.15) is 0 Å². The van der Waals surface area contributed by atoms with Gasteiger partial charge < -0.3 is 4.74 Å². The van der Waals surface area contributed by atoms with Crippen LogP contribution in [-0.2, 0) is 9.53 Å². The van der Waals surface area contributed by atoms with Crippen LogP contribution < -0.4 is 0 Å². The number of rotatable bonds is 7. The Morgan fingerprint density at radius 3 is 2.71 bits per heavy atom. The van der Waals surface area contributed by atoms with Crippen LogP contribution in [0, 0.1) is 0 Å². The molecule has 0 bridgehead atoms. The monoisotopic (exact) mass is 216 g/mol. The van der Waals surface area contributed by atoms with Crippen LogP contribution in [0.2, 0.25) is 0 Å². The Labute approximate surface area is 90.6 Å². The van der Waals surface area contributed by atoms with Crippen molar-refractivity contribution in [1.29, 1.82) is 0 Å². The Hall–Kier alpha value is -0.760. The molecule has 0 aliphatic heterocycles. The molecule has 80 valence electrons. The molecule has 0 amide bonds. The Morgan fingerprint density at radius 1 is 1.43 bits per heavy atom. The lowest BCUT2D eigenvalue weighted by Crippen LogP contribution is -1.98. The largest absolute Gasteiger partial charge is 0.434 e. The summed E-state index contributed by atoms with van der Waals surface area (Å²) in [5.74, 6) is -0.213. The first kappa shape index (κ1) is 13.2. The number of esters is 1. The van der Waals surface area contributed by atoms with Crippen molar-refractivity contribution in [1.82, 2.24) is 0 Å². The zero-order valence-corrected chi connectivity index (χ0v) is 9.35. The summed E-state index contributed by atoms with van der Waals surface area (Å²) in [5.41, 5.74) is 0. The summed E-state index contributed by atoms with van der Waals surface area (Å²) < 4.78 is 4.77. The molecule has 0 aliphatic carbocycles. The van der Waals surface area contributed by atoms with Crippen LogP contribution in [0.1, 0.15) is 39.0 Å².